The summed E-state index contributed by atoms with van der Waals surface area (Å²) in [6.07, 6.45) is 8.37. The number of nitrogens with one attached hydrogen (secondary N) is 1. The molecule has 0 bridgehead atoms. The van der Waals surface area contributed by atoms with Gasteiger partial charge in [-0.3, -0.25) is 9.59 Å². The number of aliphatic carboxylic acids is 1. The van der Waals surface area contributed by atoms with Crippen molar-refractivity contribution in [3.8, 4) is 0 Å². The fourth-order valence-electron chi connectivity index (χ4n) is 3.23. The quantitative estimate of drug-likeness (QED) is 0.650. The summed E-state index contributed by atoms with van der Waals surface area (Å²) in [4.78, 5) is 22.5. The molecule has 21 heavy (non-hydrogen) atoms. The first-order valence-electron chi connectivity index (χ1n) is 7.82. The number of carbonyl (C=O) groups is 2. The molecule has 0 radical (unpaired) electrons. The standard InChI is InChI=1S/C16H26N2O3/c1-10-3-4-11(2)12(10)5-6-16(7-8-16)18-15(21)13(17)9-14(19)20/h5-6,10-13H,3-4,7-9,17H2,1-2H3,(H,18,21)(H,19,20)/t10?,11?,12?,13-/m0/s1. The van der Waals surface area contributed by atoms with Crippen molar-refractivity contribution < 1.29 is 14.7 Å². The predicted molar refractivity (Wildman–Crippen MR) is 80.5 cm³/mol. The molecule has 118 valence electrons. The van der Waals surface area contributed by atoms with Crippen LogP contribution in [0.4, 0.5) is 0 Å². The normalized spacial score (nSPS) is 32.0. The molecule has 2 rings (SSSR count). The fraction of sp³-hybridized carbons (Fsp3) is 0.750. The Balaban J connectivity index is 1.91. The lowest BCUT2D eigenvalue weighted by molar-refractivity contribution is -0.139. The van der Waals surface area contributed by atoms with Crippen LogP contribution in [-0.4, -0.2) is 28.6 Å². The Kier molecular flexibility index (Phi) is 4.71. The molecular formula is C16H26N2O3. The number of nitrogens with two attached hydrogens (primary N) is 1. The maximum absolute atomic E-state index is 11.9. The average molecular weight is 294 g/mol. The van der Waals surface area contributed by atoms with Crippen molar-refractivity contribution in [1.29, 1.82) is 0 Å². The van der Waals surface area contributed by atoms with Gasteiger partial charge in [0.1, 0.15) is 0 Å². The summed E-state index contributed by atoms with van der Waals surface area (Å²) >= 11 is 0. The number of rotatable bonds is 6. The summed E-state index contributed by atoms with van der Waals surface area (Å²) in [5.74, 6) is 0.542. The van der Waals surface area contributed by atoms with Crippen LogP contribution < -0.4 is 11.1 Å². The van der Waals surface area contributed by atoms with Gasteiger partial charge in [-0.25, -0.2) is 0 Å². The number of hydrogen-bond donors (Lipinski definition) is 3. The fourth-order valence-corrected chi connectivity index (χ4v) is 3.23. The van der Waals surface area contributed by atoms with Gasteiger partial charge in [0.2, 0.25) is 5.91 Å². The lowest BCUT2D eigenvalue weighted by Gasteiger charge is -2.19. The predicted octanol–water partition coefficient (Wildman–Crippen LogP) is 1.68. The van der Waals surface area contributed by atoms with Crippen LogP contribution in [0.15, 0.2) is 12.2 Å². The highest BCUT2D eigenvalue weighted by molar-refractivity contribution is 5.86. The molecule has 2 saturated carbocycles. The molecule has 0 spiro atoms. The molecule has 2 fully saturated rings. The Labute approximate surface area is 126 Å². The van der Waals surface area contributed by atoms with Crippen molar-refractivity contribution in [1.82, 2.24) is 5.32 Å². The minimum atomic E-state index is -1.05. The molecule has 5 nitrogen and oxygen atoms in total. The molecule has 5 heteroatoms. The number of carboxylic acids is 1. The highest BCUT2D eigenvalue weighted by atomic mass is 16.4. The monoisotopic (exact) mass is 294 g/mol. The maximum Gasteiger partial charge on any atom is 0.305 e. The summed E-state index contributed by atoms with van der Waals surface area (Å²) < 4.78 is 0. The van der Waals surface area contributed by atoms with Gasteiger partial charge in [0.15, 0.2) is 0 Å². The third kappa shape index (κ3) is 4.06. The van der Waals surface area contributed by atoms with E-state index >= 15 is 0 Å². The number of allylic oxidation sites excluding steroid dienone is 1. The second kappa shape index (κ2) is 6.18. The smallest absolute Gasteiger partial charge is 0.305 e. The van der Waals surface area contributed by atoms with Crippen molar-refractivity contribution >= 4 is 11.9 Å². The number of amides is 1. The van der Waals surface area contributed by atoms with E-state index in [2.05, 4.69) is 31.3 Å². The summed E-state index contributed by atoms with van der Waals surface area (Å²) in [5.41, 5.74) is 5.32. The molecule has 3 atom stereocenters. The average Bonchev–Trinajstić information content (AvgIpc) is 3.08. The van der Waals surface area contributed by atoms with E-state index < -0.39 is 12.0 Å². The van der Waals surface area contributed by atoms with Gasteiger partial charge in [-0.15, -0.1) is 0 Å². The second-order valence-corrected chi connectivity index (χ2v) is 6.82. The molecule has 0 saturated heterocycles. The zero-order chi connectivity index (χ0) is 15.6. The van der Waals surface area contributed by atoms with Crippen molar-refractivity contribution in [3.63, 3.8) is 0 Å². The molecule has 2 aliphatic rings. The van der Waals surface area contributed by atoms with Crippen LogP contribution in [0.3, 0.4) is 0 Å². The first kappa shape index (κ1) is 16.0. The minimum Gasteiger partial charge on any atom is -0.481 e. The molecule has 1 amide bonds. The SMILES string of the molecule is CC1CCC(C)C1C=CC1(NC(=O)[C@@H](N)CC(=O)O)CC1. The Morgan fingerprint density at radius 1 is 1.33 bits per heavy atom. The van der Waals surface area contributed by atoms with E-state index in [1.165, 1.54) is 12.8 Å². The van der Waals surface area contributed by atoms with Gasteiger partial charge in [-0.1, -0.05) is 26.0 Å². The first-order chi connectivity index (χ1) is 9.83. The van der Waals surface area contributed by atoms with Crippen molar-refractivity contribution in [2.75, 3.05) is 0 Å². The van der Waals surface area contributed by atoms with Gasteiger partial charge in [0.05, 0.1) is 18.0 Å². The van der Waals surface area contributed by atoms with Gasteiger partial charge >= 0.3 is 5.97 Å². The van der Waals surface area contributed by atoms with E-state index in [1.54, 1.807) is 0 Å². The third-order valence-electron chi connectivity index (χ3n) is 4.92. The Hall–Kier alpha value is -1.36. The van der Waals surface area contributed by atoms with Gasteiger partial charge in [-0.2, -0.15) is 0 Å². The highest BCUT2D eigenvalue weighted by Crippen LogP contribution is 2.41. The van der Waals surface area contributed by atoms with Crippen LogP contribution in [0.25, 0.3) is 0 Å². The topological polar surface area (TPSA) is 92.4 Å². The molecule has 0 aromatic carbocycles. The summed E-state index contributed by atoms with van der Waals surface area (Å²) in [6, 6.07) is -0.974. The molecule has 0 heterocycles. The van der Waals surface area contributed by atoms with Gasteiger partial charge < -0.3 is 16.2 Å². The van der Waals surface area contributed by atoms with Crippen molar-refractivity contribution in [3.05, 3.63) is 12.2 Å². The molecule has 0 aromatic heterocycles. The van der Waals surface area contributed by atoms with E-state index in [9.17, 15) is 9.59 Å². The van der Waals surface area contributed by atoms with Crippen molar-refractivity contribution in [2.45, 2.75) is 57.5 Å². The highest BCUT2D eigenvalue weighted by Gasteiger charge is 2.43. The van der Waals surface area contributed by atoms with E-state index in [4.69, 9.17) is 10.8 Å². The van der Waals surface area contributed by atoms with Crippen LogP contribution >= 0.6 is 0 Å². The molecule has 4 N–H and O–H groups in total. The second-order valence-electron chi connectivity index (χ2n) is 6.82. The maximum atomic E-state index is 11.9. The third-order valence-corrected chi connectivity index (χ3v) is 4.92. The van der Waals surface area contributed by atoms with Gasteiger partial charge in [-0.05, 0) is 43.4 Å². The van der Waals surface area contributed by atoms with Crippen LogP contribution in [0.5, 0.6) is 0 Å². The largest absolute Gasteiger partial charge is 0.481 e. The van der Waals surface area contributed by atoms with Gasteiger partial charge in [0.25, 0.3) is 0 Å². The van der Waals surface area contributed by atoms with Crippen molar-refractivity contribution in [2.24, 2.45) is 23.5 Å². The summed E-state index contributed by atoms with van der Waals surface area (Å²) in [5, 5.41) is 11.6. The first-order valence-corrected chi connectivity index (χ1v) is 7.82. The van der Waals surface area contributed by atoms with Gasteiger partial charge in [0, 0.05) is 0 Å². The molecule has 0 aliphatic heterocycles. The molecule has 2 aliphatic carbocycles. The molecular weight excluding hydrogens is 268 g/mol. The Bertz CT molecular complexity index is 433. The molecule has 2 unspecified atom stereocenters. The lowest BCUT2D eigenvalue weighted by Crippen LogP contribution is -2.46. The zero-order valence-electron chi connectivity index (χ0n) is 12.8. The lowest BCUT2D eigenvalue weighted by atomic mass is 9.90. The van der Waals surface area contributed by atoms with Crippen LogP contribution in [-0.2, 0) is 9.59 Å². The molecule has 0 aromatic rings. The van der Waals surface area contributed by atoms with Crippen LogP contribution in [0.1, 0.15) is 46.0 Å². The summed E-state index contributed by atoms with van der Waals surface area (Å²) in [7, 11) is 0. The summed E-state index contributed by atoms with van der Waals surface area (Å²) in [6.45, 7) is 4.55. The van der Waals surface area contributed by atoms with E-state index in [-0.39, 0.29) is 17.9 Å². The van der Waals surface area contributed by atoms with E-state index in [0.717, 1.165) is 12.8 Å². The van der Waals surface area contributed by atoms with E-state index in [1.807, 2.05) is 0 Å². The number of carbonyl (C=O) groups excluding carboxylic acids is 1. The zero-order valence-corrected chi connectivity index (χ0v) is 12.8. The number of hydrogen-bond acceptors (Lipinski definition) is 3. The Morgan fingerprint density at radius 3 is 2.38 bits per heavy atom. The minimum absolute atomic E-state index is 0.283. The van der Waals surface area contributed by atoms with E-state index in [0.29, 0.717) is 17.8 Å². The van der Waals surface area contributed by atoms with Crippen LogP contribution in [0, 0.1) is 17.8 Å². The Morgan fingerprint density at radius 2 is 1.90 bits per heavy atom. The number of carboxylic acid groups (broad SMARTS) is 1. The van der Waals surface area contributed by atoms with Crippen LogP contribution in [0.2, 0.25) is 0 Å².